The van der Waals surface area contributed by atoms with Crippen molar-refractivity contribution in [2.45, 2.75) is 17.7 Å². The molecule has 0 heterocycles. The highest BCUT2D eigenvalue weighted by atomic mass is 79.9. The zero-order valence-corrected chi connectivity index (χ0v) is 9.66. The van der Waals surface area contributed by atoms with Gasteiger partial charge in [-0.3, -0.25) is 4.79 Å². The Bertz CT molecular complexity index is 285. The summed E-state index contributed by atoms with van der Waals surface area (Å²) in [5, 5.41) is 0. The van der Waals surface area contributed by atoms with Crippen LogP contribution in [0, 0.1) is 0 Å². The Morgan fingerprint density at radius 2 is 2.07 bits per heavy atom. The minimum absolute atomic E-state index is 0.150. The second-order valence-corrected chi connectivity index (χ2v) is 4.36. The van der Waals surface area contributed by atoms with E-state index in [2.05, 4.69) is 20.7 Å². The lowest BCUT2D eigenvalue weighted by Crippen LogP contribution is -2.11. The fraction of sp³-hybridized carbons (Fsp3) is 0.364. The van der Waals surface area contributed by atoms with Crippen LogP contribution in [-0.4, -0.2) is 17.9 Å². The molecule has 0 aliphatic heterocycles. The molecule has 14 heavy (non-hydrogen) atoms. The third kappa shape index (κ3) is 3.92. The summed E-state index contributed by atoms with van der Waals surface area (Å²) in [4.78, 5) is 11.1. The summed E-state index contributed by atoms with van der Waals surface area (Å²) in [6.45, 7) is 0. The van der Waals surface area contributed by atoms with Gasteiger partial charge in [-0.05, 0) is 12.0 Å². The predicted octanol–water partition coefficient (Wildman–Crippen LogP) is 2.56. The summed E-state index contributed by atoms with van der Waals surface area (Å²) >= 11 is 3.46. The van der Waals surface area contributed by atoms with Crippen molar-refractivity contribution < 1.29 is 9.53 Å². The standard InChI is InChI=1S/C11H13BrO2/c1-14-11(13)8-10(12)7-9-5-3-2-4-6-9/h2-6,10H,7-8H2,1H3. The van der Waals surface area contributed by atoms with E-state index >= 15 is 0 Å². The van der Waals surface area contributed by atoms with Crippen molar-refractivity contribution in [3.8, 4) is 0 Å². The van der Waals surface area contributed by atoms with Crippen LogP contribution in [0.4, 0.5) is 0 Å². The van der Waals surface area contributed by atoms with Crippen molar-refractivity contribution >= 4 is 21.9 Å². The molecule has 0 aliphatic carbocycles. The van der Waals surface area contributed by atoms with E-state index in [4.69, 9.17) is 0 Å². The Kier molecular flexibility index (Phi) is 4.66. The van der Waals surface area contributed by atoms with Gasteiger partial charge in [0.15, 0.2) is 0 Å². The van der Waals surface area contributed by atoms with Crippen molar-refractivity contribution in [2.24, 2.45) is 0 Å². The average Bonchev–Trinajstić information content (AvgIpc) is 2.19. The van der Waals surface area contributed by atoms with Gasteiger partial charge in [-0.2, -0.15) is 0 Å². The fourth-order valence-corrected chi connectivity index (χ4v) is 1.84. The first-order valence-corrected chi connectivity index (χ1v) is 5.38. The monoisotopic (exact) mass is 256 g/mol. The van der Waals surface area contributed by atoms with Gasteiger partial charge in [-0.1, -0.05) is 46.3 Å². The molecule has 1 rings (SSSR count). The number of rotatable bonds is 4. The minimum Gasteiger partial charge on any atom is -0.469 e. The third-order valence-electron chi connectivity index (χ3n) is 1.92. The first-order valence-electron chi connectivity index (χ1n) is 4.47. The van der Waals surface area contributed by atoms with Crippen molar-refractivity contribution in [1.82, 2.24) is 0 Å². The van der Waals surface area contributed by atoms with Crippen LogP contribution in [0.25, 0.3) is 0 Å². The van der Waals surface area contributed by atoms with Crippen LogP contribution in [0.3, 0.4) is 0 Å². The summed E-state index contributed by atoms with van der Waals surface area (Å²) in [5.74, 6) is -0.178. The molecule has 0 bridgehead atoms. The van der Waals surface area contributed by atoms with Crippen LogP contribution >= 0.6 is 15.9 Å². The van der Waals surface area contributed by atoms with E-state index in [1.54, 1.807) is 0 Å². The summed E-state index contributed by atoms with van der Waals surface area (Å²) in [7, 11) is 1.41. The number of carbonyl (C=O) groups excluding carboxylic acids is 1. The quantitative estimate of drug-likeness (QED) is 0.612. The molecule has 2 nitrogen and oxygen atoms in total. The lowest BCUT2D eigenvalue weighted by molar-refractivity contribution is -0.140. The van der Waals surface area contributed by atoms with E-state index in [-0.39, 0.29) is 10.8 Å². The Balaban J connectivity index is 2.41. The van der Waals surface area contributed by atoms with Gasteiger partial charge >= 0.3 is 5.97 Å². The maximum Gasteiger partial charge on any atom is 0.306 e. The van der Waals surface area contributed by atoms with E-state index in [9.17, 15) is 4.79 Å². The highest BCUT2D eigenvalue weighted by Gasteiger charge is 2.10. The zero-order chi connectivity index (χ0) is 10.4. The molecular weight excluding hydrogens is 244 g/mol. The number of benzene rings is 1. The van der Waals surface area contributed by atoms with Gasteiger partial charge < -0.3 is 4.74 Å². The number of esters is 1. The lowest BCUT2D eigenvalue weighted by Gasteiger charge is -2.07. The molecule has 0 aliphatic rings. The number of ether oxygens (including phenoxy) is 1. The Hall–Kier alpha value is -0.830. The molecule has 0 aromatic heterocycles. The smallest absolute Gasteiger partial charge is 0.306 e. The molecule has 1 aromatic carbocycles. The molecule has 1 unspecified atom stereocenters. The zero-order valence-electron chi connectivity index (χ0n) is 8.07. The van der Waals surface area contributed by atoms with Gasteiger partial charge in [0.05, 0.1) is 13.5 Å². The topological polar surface area (TPSA) is 26.3 Å². The first kappa shape index (κ1) is 11.2. The SMILES string of the molecule is COC(=O)CC(Br)Cc1ccccc1. The molecule has 0 N–H and O–H groups in total. The summed E-state index contributed by atoms with van der Waals surface area (Å²) in [5.41, 5.74) is 1.22. The van der Waals surface area contributed by atoms with Gasteiger partial charge in [0, 0.05) is 4.83 Å². The van der Waals surface area contributed by atoms with E-state index in [0.717, 1.165) is 6.42 Å². The Labute approximate surface area is 92.4 Å². The normalized spacial score (nSPS) is 12.1. The summed E-state index contributed by atoms with van der Waals surface area (Å²) in [6.07, 6.45) is 1.25. The van der Waals surface area contributed by atoms with Gasteiger partial charge in [0.1, 0.15) is 0 Å². The molecule has 3 heteroatoms. The molecule has 0 fully saturated rings. The molecule has 0 amide bonds. The van der Waals surface area contributed by atoms with Crippen LogP contribution in [0.1, 0.15) is 12.0 Å². The van der Waals surface area contributed by atoms with Gasteiger partial charge in [0.25, 0.3) is 0 Å². The van der Waals surface area contributed by atoms with Crippen molar-refractivity contribution in [2.75, 3.05) is 7.11 Å². The molecule has 0 saturated carbocycles. The molecule has 0 spiro atoms. The van der Waals surface area contributed by atoms with Crippen LogP contribution in [0.5, 0.6) is 0 Å². The minimum atomic E-state index is -0.178. The second-order valence-electron chi connectivity index (χ2n) is 3.07. The Morgan fingerprint density at radius 3 is 2.64 bits per heavy atom. The van der Waals surface area contributed by atoms with Crippen molar-refractivity contribution in [3.05, 3.63) is 35.9 Å². The van der Waals surface area contributed by atoms with E-state index in [1.165, 1.54) is 12.7 Å². The molecule has 76 valence electrons. The van der Waals surface area contributed by atoms with Crippen LogP contribution < -0.4 is 0 Å². The number of hydrogen-bond acceptors (Lipinski definition) is 2. The van der Waals surface area contributed by atoms with Crippen molar-refractivity contribution in [1.29, 1.82) is 0 Å². The number of alkyl halides is 1. The summed E-state index contributed by atoms with van der Waals surface area (Å²) < 4.78 is 4.59. The van der Waals surface area contributed by atoms with E-state index < -0.39 is 0 Å². The van der Waals surface area contributed by atoms with Gasteiger partial charge in [0.2, 0.25) is 0 Å². The number of carbonyl (C=O) groups is 1. The van der Waals surface area contributed by atoms with E-state index in [0.29, 0.717) is 6.42 Å². The lowest BCUT2D eigenvalue weighted by atomic mass is 10.1. The van der Waals surface area contributed by atoms with Crippen LogP contribution in [0.15, 0.2) is 30.3 Å². The largest absolute Gasteiger partial charge is 0.469 e. The average molecular weight is 257 g/mol. The molecule has 1 atom stereocenters. The van der Waals surface area contributed by atoms with Crippen LogP contribution in [0.2, 0.25) is 0 Å². The number of halogens is 1. The van der Waals surface area contributed by atoms with E-state index in [1.807, 2.05) is 30.3 Å². The van der Waals surface area contributed by atoms with Gasteiger partial charge in [-0.15, -0.1) is 0 Å². The molecule has 1 aromatic rings. The predicted molar refractivity (Wildman–Crippen MR) is 59.5 cm³/mol. The highest BCUT2D eigenvalue weighted by Crippen LogP contribution is 2.13. The second kappa shape index (κ2) is 5.81. The Morgan fingerprint density at radius 1 is 1.43 bits per heavy atom. The summed E-state index contributed by atoms with van der Waals surface area (Å²) in [6, 6.07) is 10.1. The highest BCUT2D eigenvalue weighted by molar-refractivity contribution is 9.09. The molecule has 0 radical (unpaired) electrons. The fourth-order valence-electron chi connectivity index (χ4n) is 1.21. The van der Waals surface area contributed by atoms with Crippen molar-refractivity contribution in [3.63, 3.8) is 0 Å². The molecular formula is C11H13BrO2. The number of hydrogen-bond donors (Lipinski definition) is 0. The van der Waals surface area contributed by atoms with Gasteiger partial charge in [-0.25, -0.2) is 0 Å². The maximum atomic E-state index is 11.0. The number of methoxy groups -OCH3 is 1. The molecule has 0 saturated heterocycles. The first-order chi connectivity index (χ1) is 6.72. The maximum absolute atomic E-state index is 11.0. The third-order valence-corrected chi connectivity index (χ3v) is 2.56. The van der Waals surface area contributed by atoms with Crippen LogP contribution in [-0.2, 0) is 16.0 Å².